The molecule has 1 N–H and O–H groups in total. The standard InChI is InChI=1S/C13H15NO5/c1-2-3-8-19-12-6-4-10(5-7-13(15)16)9-11(12)14(17)18/h4-7,9H,2-3,8H2,1H3,(H,15,16)/b7-5-. The Balaban J connectivity index is 2.94. The molecule has 19 heavy (non-hydrogen) atoms. The maximum absolute atomic E-state index is 10.9. The molecule has 0 bridgehead atoms. The average molecular weight is 265 g/mol. The summed E-state index contributed by atoms with van der Waals surface area (Å²) in [7, 11) is 0. The van der Waals surface area contributed by atoms with Gasteiger partial charge in [0.1, 0.15) is 0 Å². The van der Waals surface area contributed by atoms with E-state index in [4.69, 9.17) is 9.84 Å². The first-order valence-corrected chi connectivity index (χ1v) is 5.87. The number of aliphatic carboxylic acids is 1. The molecule has 0 saturated heterocycles. The third kappa shape index (κ3) is 4.79. The van der Waals surface area contributed by atoms with Gasteiger partial charge >= 0.3 is 11.7 Å². The number of ether oxygens (including phenoxy) is 1. The van der Waals surface area contributed by atoms with Crippen molar-refractivity contribution in [1.29, 1.82) is 0 Å². The number of hydrogen-bond donors (Lipinski definition) is 1. The van der Waals surface area contributed by atoms with E-state index in [1.54, 1.807) is 6.07 Å². The molecule has 0 aromatic heterocycles. The van der Waals surface area contributed by atoms with Crippen LogP contribution in [0.25, 0.3) is 6.08 Å². The second kappa shape index (κ2) is 7.15. The zero-order valence-electron chi connectivity index (χ0n) is 10.5. The summed E-state index contributed by atoms with van der Waals surface area (Å²) in [5.74, 6) is -0.906. The Bertz CT molecular complexity index is 496. The van der Waals surface area contributed by atoms with Crippen LogP contribution in [0.2, 0.25) is 0 Å². The van der Waals surface area contributed by atoms with Gasteiger partial charge in [-0.1, -0.05) is 19.4 Å². The largest absolute Gasteiger partial charge is 0.487 e. The molecule has 0 spiro atoms. The van der Waals surface area contributed by atoms with E-state index in [2.05, 4.69) is 0 Å². The van der Waals surface area contributed by atoms with E-state index in [0.29, 0.717) is 12.2 Å². The van der Waals surface area contributed by atoms with Crippen LogP contribution in [0.5, 0.6) is 5.75 Å². The van der Waals surface area contributed by atoms with Gasteiger partial charge in [-0.15, -0.1) is 0 Å². The number of carboxylic acids is 1. The highest BCUT2D eigenvalue weighted by atomic mass is 16.6. The summed E-state index contributed by atoms with van der Waals surface area (Å²) >= 11 is 0. The van der Waals surface area contributed by atoms with Crippen molar-refractivity contribution >= 4 is 17.7 Å². The predicted octanol–water partition coefficient (Wildman–Crippen LogP) is 2.87. The molecule has 1 rings (SSSR count). The van der Waals surface area contributed by atoms with E-state index >= 15 is 0 Å². The highest BCUT2D eigenvalue weighted by Gasteiger charge is 2.15. The molecule has 0 aliphatic carbocycles. The fourth-order valence-corrected chi connectivity index (χ4v) is 1.40. The lowest BCUT2D eigenvalue weighted by Crippen LogP contribution is -2.00. The fourth-order valence-electron chi connectivity index (χ4n) is 1.40. The van der Waals surface area contributed by atoms with Gasteiger partial charge in [-0.05, 0) is 24.1 Å². The Morgan fingerprint density at radius 1 is 1.53 bits per heavy atom. The first-order chi connectivity index (χ1) is 9.04. The van der Waals surface area contributed by atoms with Gasteiger partial charge in [0.05, 0.1) is 11.5 Å². The summed E-state index contributed by atoms with van der Waals surface area (Å²) in [5, 5.41) is 19.4. The van der Waals surface area contributed by atoms with Crippen molar-refractivity contribution in [3.05, 3.63) is 40.0 Å². The van der Waals surface area contributed by atoms with Crippen molar-refractivity contribution in [2.75, 3.05) is 6.61 Å². The predicted molar refractivity (Wildman–Crippen MR) is 70.2 cm³/mol. The van der Waals surface area contributed by atoms with E-state index in [1.807, 2.05) is 6.92 Å². The Morgan fingerprint density at radius 2 is 2.26 bits per heavy atom. The Kier molecular flexibility index (Phi) is 5.53. The minimum absolute atomic E-state index is 0.163. The molecule has 6 heteroatoms. The van der Waals surface area contributed by atoms with E-state index in [1.165, 1.54) is 18.2 Å². The molecule has 0 aliphatic heterocycles. The minimum atomic E-state index is -1.11. The van der Waals surface area contributed by atoms with Crippen LogP contribution in [0.4, 0.5) is 5.69 Å². The second-order valence-electron chi connectivity index (χ2n) is 3.86. The van der Waals surface area contributed by atoms with Crippen LogP contribution >= 0.6 is 0 Å². The topological polar surface area (TPSA) is 89.7 Å². The maximum Gasteiger partial charge on any atom is 0.328 e. The number of hydrogen-bond acceptors (Lipinski definition) is 4. The third-order valence-electron chi connectivity index (χ3n) is 2.35. The van der Waals surface area contributed by atoms with Gasteiger partial charge in [0.2, 0.25) is 0 Å². The molecule has 0 amide bonds. The molecule has 6 nitrogen and oxygen atoms in total. The van der Waals surface area contributed by atoms with Crippen LogP contribution in [0.1, 0.15) is 25.3 Å². The van der Waals surface area contributed by atoms with E-state index in [0.717, 1.165) is 18.9 Å². The molecular formula is C13H15NO5. The van der Waals surface area contributed by atoms with Crippen molar-refractivity contribution < 1.29 is 19.6 Å². The van der Waals surface area contributed by atoms with Gasteiger partial charge in [-0.25, -0.2) is 4.79 Å². The van der Waals surface area contributed by atoms with Crippen molar-refractivity contribution in [2.45, 2.75) is 19.8 Å². The molecule has 0 heterocycles. The number of carbonyl (C=O) groups is 1. The van der Waals surface area contributed by atoms with E-state index in [-0.39, 0.29) is 11.4 Å². The summed E-state index contributed by atoms with van der Waals surface area (Å²) in [6, 6.07) is 4.35. The van der Waals surface area contributed by atoms with E-state index < -0.39 is 10.9 Å². The summed E-state index contributed by atoms with van der Waals surface area (Å²) in [5.41, 5.74) is 0.278. The van der Waals surface area contributed by atoms with Gasteiger partial charge in [0, 0.05) is 12.1 Å². The SMILES string of the molecule is CCCCOc1ccc(/C=C\C(=O)O)cc1[N+](=O)[O-]. The van der Waals surface area contributed by atoms with Gasteiger partial charge in [-0.3, -0.25) is 10.1 Å². The molecule has 0 saturated carbocycles. The van der Waals surface area contributed by atoms with Gasteiger partial charge in [0.15, 0.2) is 5.75 Å². The van der Waals surface area contributed by atoms with Gasteiger partial charge < -0.3 is 9.84 Å². The summed E-state index contributed by atoms with van der Waals surface area (Å²) in [6.45, 7) is 2.42. The van der Waals surface area contributed by atoms with Gasteiger partial charge in [0.25, 0.3) is 0 Å². The van der Waals surface area contributed by atoms with Crippen molar-refractivity contribution in [3.8, 4) is 5.75 Å². The first-order valence-electron chi connectivity index (χ1n) is 5.87. The maximum atomic E-state index is 10.9. The number of carboxylic acid groups (broad SMARTS) is 1. The van der Waals surface area contributed by atoms with Crippen LogP contribution in [-0.4, -0.2) is 22.6 Å². The number of nitrogens with zero attached hydrogens (tertiary/aromatic N) is 1. The highest BCUT2D eigenvalue weighted by Crippen LogP contribution is 2.28. The third-order valence-corrected chi connectivity index (χ3v) is 2.35. The lowest BCUT2D eigenvalue weighted by atomic mass is 10.1. The number of benzene rings is 1. The molecule has 102 valence electrons. The molecule has 1 aromatic carbocycles. The highest BCUT2D eigenvalue weighted by molar-refractivity contribution is 5.85. The molecular weight excluding hydrogens is 250 g/mol. The van der Waals surface area contributed by atoms with Crippen LogP contribution in [0.3, 0.4) is 0 Å². The Labute approximate surface area is 110 Å². The smallest absolute Gasteiger partial charge is 0.328 e. The Hall–Kier alpha value is -2.37. The van der Waals surface area contributed by atoms with Crippen molar-refractivity contribution in [1.82, 2.24) is 0 Å². The summed E-state index contributed by atoms with van der Waals surface area (Å²) in [6.07, 6.45) is 3.98. The summed E-state index contributed by atoms with van der Waals surface area (Å²) in [4.78, 5) is 20.8. The number of unbranched alkanes of at least 4 members (excludes halogenated alkanes) is 1. The normalized spacial score (nSPS) is 10.6. The second-order valence-corrected chi connectivity index (χ2v) is 3.86. The van der Waals surface area contributed by atoms with Crippen LogP contribution in [-0.2, 0) is 4.79 Å². The van der Waals surface area contributed by atoms with Gasteiger partial charge in [-0.2, -0.15) is 0 Å². The van der Waals surface area contributed by atoms with Crippen LogP contribution in [0, 0.1) is 10.1 Å². The molecule has 0 aliphatic rings. The zero-order valence-corrected chi connectivity index (χ0v) is 10.5. The Morgan fingerprint density at radius 3 is 2.84 bits per heavy atom. The molecule has 0 atom stereocenters. The molecule has 1 aromatic rings. The van der Waals surface area contributed by atoms with Crippen molar-refractivity contribution in [2.24, 2.45) is 0 Å². The fraction of sp³-hybridized carbons (Fsp3) is 0.308. The first kappa shape index (κ1) is 14.7. The van der Waals surface area contributed by atoms with E-state index in [9.17, 15) is 14.9 Å². The molecule has 0 fully saturated rings. The minimum Gasteiger partial charge on any atom is -0.487 e. The lowest BCUT2D eigenvalue weighted by molar-refractivity contribution is -0.385. The lowest BCUT2D eigenvalue weighted by Gasteiger charge is -2.06. The summed E-state index contributed by atoms with van der Waals surface area (Å²) < 4.78 is 5.34. The van der Waals surface area contributed by atoms with Crippen LogP contribution in [0.15, 0.2) is 24.3 Å². The molecule has 0 unspecified atom stereocenters. The van der Waals surface area contributed by atoms with Crippen molar-refractivity contribution in [3.63, 3.8) is 0 Å². The number of nitro benzene ring substituents is 1. The number of rotatable bonds is 7. The molecule has 0 radical (unpaired) electrons. The quantitative estimate of drug-likeness (QED) is 0.354. The average Bonchev–Trinajstić information content (AvgIpc) is 2.37. The number of nitro groups is 1. The zero-order chi connectivity index (χ0) is 14.3. The monoisotopic (exact) mass is 265 g/mol. The van der Waals surface area contributed by atoms with Crippen LogP contribution < -0.4 is 4.74 Å².